The molecule has 0 aliphatic carbocycles. The Morgan fingerprint density at radius 3 is 1.93 bits per heavy atom. The predicted octanol–water partition coefficient (Wildman–Crippen LogP) is 4.39. The number of nitrogens with zero attached hydrogens (tertiary/aromatic N) is 2. The molecule has 0 bridgehead atoms. The summed E-state index contributed by atoms with van der Waals surface area (Å²) in [4.78, 5) is 33.9. The minimum atomic E-state index is -0.872. The van der Waals surface area contributed by atoms with E-state index in [0.29, 0.717) is 10.7 Å². The average Bonchev–Trinajstić information content (AvgIpc) is 3.26. The molecular weight excluding hydrogens is 388 g/mol. The van der Waals surface area contributed by atoms with Crippen LogP contribution in [0.25, 0.3) is 0 Å². The molecule has 0 radical (unpaired) electrons. The van der Waals surface area contributed by atoms with Gasteiger partial charge >= 0.3 is 0 Å². The Hall–Kier alpha value is -3.15. The van der Waals surface area contributed by atoms with Gasteiger partial charge in [0.15, 0.2) is 6.10 Å². The van der Waals surface area contributed by atoms with Gasteiger partial charge in [0.25, 0.3) is 5.91 Å². The van der Waals surface area contributed by atoms with Crippen LogP contribution in [0.1, 0.15) is 11.6 Å². The molecule has 2 heterocycles. The molecule has 0 saturated carbocycles. The lowest BCUT2D eigenvalue weighted by Gasteiger charge is -2.28. The quantitative estimate of drug-likeness (QED) is 0.607. The first kappa shape index (κ1) is 17.9. The minimum Gasteiger partial charge on any atom is -0.273 e. The molecule has 29 heavy (non-hydrogen) atoms. The summed E-state index contributed by atoms with van der Waals surface area (Å²) in [7, 11) is 0. The van der Waals surface area contributed by atoms with Crippen LogP contribution in [0.4, 0.5) is 11.4 Å². The highest BCUT2D eigenvalue weighted by atomic mass is 35.5. The van der Waals surface area contributed by atoms with Crippen molar-refractivity contribution in [3.05, 3.63) is 95.5 Å². The second kappa shape index (κ2) is 7.03. The van der Waals surface area contributed by atoms with Crippen molar-refractivity contribution in [2.45, 2.75) is 12.1 Å². The van der Waals surface area contributed by atoms with E-state index < -0.39 is 18.1 Å². The Kier molecular flexibility index (Phi) is 4.34. The van der Waals surface area contributed by atoms with Crippen LogP contribution in [0.5, 0.6) is 0 Å². The van der Waals surface area contributed by atoms with Crippen molar-refractivity contribution in [1.29, 1.82) is 0 Å². The number of hydrogen-bond donors (Lipinski definition) is 0. The molecule has 2 amide bonds. The Balaban J connectivity index is 1.59. The molecule has 3 atom stereocenters. The van der Waals surface area contributed by atoms with Crippen molar-refractivity contribution >= 4 is 34.8 Å². The molecule has 3 aromatic carbocycles. The van der Waals surface area contributed by atoms with Crippen LogP contribution in [0.3, 0.4) is 0 Å². The zero-order chi connectivity index (χ0) is 20.0. The summed E-state index contributed by atoms with van der Waals surface area (Å²) in [6.45, 7) is 0. The van der Waals surface area contributed by atoms with Crippen molar-refractivity contribution < 1.29 is 14.4 Å². The number of halogens is 1. The minimum absolute atomic E-state index is 0.260. The highest BCUT2D eigenvalue weighted by molar-refractivity contribution is 6.30. The van der Waals surface area contributed by atoms with Crippen molar-refractivity contribution in [3.63, 3.8) is 0 Å². The SMILES string of the molecule is O=C1C2ON(c3ccccc3)C(c3ccc(Cl)cc3)C2C(=O)N1c1ccccc1. The van der Waals surface area contributed by atoms with Crippen molar-refractivity contribution in [1.82, 2.24) is 0 Å². The van der Waals surface area contributed by atoms with Crippen LogP contribution in [-0.4, -0.2) is 17.9 Å². The molecule has 2 aliphatic heterocycles. The van der Waals surface area contributed by atoms with Crippen LogP contribution in [0.15, 0.2) is 84.9 Å². The summed E-state index contributed by atoms with van der Waals surface area (Å²) in [5.74, 6) is -1.25. The second-order valence-corrected chi connectivity index (χ2v) is 7.49. The van der Waals surface area contributed by atoms with Gasteiger partial charge in [0.1, 0.15) is 5.92 Å². The summed E-state index contributed by atoms with van der Waals surface area (Å²) >= 11 is 6.06. The van der Waals surface area contributed by atoms with Crippen LogP contribution < -0.4 is 9.96 Å². The molecule has 2 fully saturated rings. The van der Waals surface area contributed by atoms with E-state index in [1.165, 1.54) is 4.90 Å². The molecule has 0 spiro atoms. The molecular formula is C23H17ClN2O3. The normalized spacial score (nSPS) is 23.6. The molecule has 2 saturated heterocycles. The molecule has 0 aromatic heterocycles. The van der Waals surface area contributed by atoms with Crippen LogP contribution >= 0.6 is 11.6 Å². The third kappa shape index (κ3) is 2.90. The number of hydroxylamine groups is 1. The first-order chi connectivity index (χ1) is 14.1. The van der Waals surface area contributed by atoms with E-state index in [2.05, 4.69) is 0 Å². The number of imide groups is 1. The number of para-hydroxylation sites is 2. The van der Waals surface area contributed by atoms with E-state index in [1.807, 2.05) is 48.5 Å². The summed E-state index contributed by atoms with van der Waals surface area (Å²) in [6.07, 6.45) is -0.872. The third-order valence-electron chi connectivity index (χ3n) is 5.35. The van der Waals surface area contributed by atoms with Crippen LogP contribution in [0, 0.1) is 5.92 Å². The lowest BCUT2D eigenvalue weighted by molar-refractivity contribution is -0.126. The lowest BCUT2D eigenvalue weighted by Crippen LogP contribution is -2.37. The Morgan fingerprint density at radius 2 is 1.31 bits per heavy atom. The van der Waals surface area contributed by atoms with Gasteiger partial charge in [-0.1, -0.05) is 60.1 Å². The number of anilines is 2. The number of carbonyl (C=O) groups is 2. The second-order valence-electron chi connectivity index (χ2n) is 7.06. The van der Waals surface area contributed by atoms with Gasteiger partial charge in [-0.05, 0) is 42.0 Å². The number of carbonyl (C=O) groups excluding carboxylic acids is 2. The van der Waals surface area contributed by atoms with Gasteiger partial charge in [-0.2, -0.15) is 0 Å². The van der Waals surface area contributed by atoms with E-state index >= 15 is 0 Å². The number of rotatable bonds is 3. The first-order valence-corrected chi connectivity index (χ1v) is 9.72. The molecule has 2 aliphatic rings. The van der Waals surface area contributed by atoms with E-state index in [1.54, 1.807) is 41.5 Å². The monoisotopic (exact) mass is 404 g/mol. The molecule has 3 aromatic rings. The number of amides is 2. The van der Waals surface area contributed by atoms with Gasteiger partial charge in [-0.15, -0.1) is 0 Å². The lowest BCUT2D eigenvalue weighted by atomic mass is 9.90. The highest BCUT2D eigenvalue weighted by Gasteiger charge is 2.60. The fourth-order valence-electron chi connectivity index (χ4n) is 4.04. The summed E-state index contributed by atoms with van der Waals surface area (Å²) < 4.78 is 0. The Morgan fingerprint density at radius 1 is 0.724 bits per heavy atom. The largest absolute Gasteiger partial charge is 0.273 e. The molecule has 3 unspecified atom stereocenters. The van der Waals surface area contributed by atoms with Crippen molar-refractivity contribution in [3.8, 4) is 0 Å². The van der Waals surface area contributed by atoms with Gasteiger partial charge in [0.2, 0.25) is 5.91 Å². The van der Waals surface area contributed by atoms with Gasteiger partial charge in [0, 0.05) is 5.02 Å². The Labute approximate surface area is 173 Å². The fourth-order valence-corrected chi connectivity index (χ4v) is 4.17. The van der Waals surface area contributed by atoms with Crippen molar-refractivity contribution in [2.75, 3.05) is 9.96 Å². The number of hydrogen-bond acceptors (Lipinski definition) is 4. The van der Waals surface area contributed by atoms with E-state index in [0.717, 1.165) is 11.3 Å². The average molecular weight is 405 g/mol. The maximum Gasteiger partial charge on any atom is 0.266 e. The fraction of sp³-hybridized carbons (Fsp3) is 0.130. The molecule has 144 valence electrons. The van der Waals surface area contributed by atoms with Gasteiger partial charge in [0.05, 0.1) is 17.4 Å². The summed E-state index contributed by atoms with van der Waals surface area (Å²) in [6, 6.07) is 25.3. The van der Waals surface area contributed by atoms with Gasteiger partial charge < -0.3 is 0 Å². The molecule has 0 N–H and O–H groups in total. The Bertz CT molecular complexity index is 1060. The van der Waals surface area contributed by atoms with E-state index in [9.17, 15) is 9.59 Å². The summed E-state index contributed by atoms with van der Waals surface area (Å²) in [5, 5.41) is 2.28. The third-order valence-corrected chi connectivity index (χ3v) is 5.60. The first-order valence-electron chi connectivity index (χ1n) is 9.34. The smallest absolute Gasteiger partial charge is 0.266 e. The summed E-state index contributed by atoms with van der Waals surface area (Å²) in [5.41, 5.74) is 2.21. The maximum atomic E-state index is 13.4. The molecule has 6 heteroatoms. The molecule has 5 rings (SSSR count). The maximum absolute atomic E-state index is 13.4. The van der Waals surface area contributed by atoms with Crippen LogP contribution in [-0.2, 0) is 14.4 Å². The van der Waals surface area contributed by atoms with Crippen molar-refractivity contribution in [2.24, 2.45) is 5.92 Å². The van der Waals surface area contributed by atoms with Crippen LogP contribution in [0.2, 0.25) is 5.02 Å². The topological polar surface area (TPSA) is 49.9 Å². The number of benzene rings is 3. The number of fused-ring (bicyclic) bond motifs is 1. The van der Waals surface area contributed by atoms with E-state index in [4.69, 9.17) is 16.4 Å². The zero-order valence-corrected chi connectivity index (χ0v) is 16.1. The standard InChI is InChI=1S/C23H17ClN2O3/c24-16-13-11-15(12-14-16)20-19-21(29-26(20)18-9-5-2-6-10-18)23(28)25(22(19)27)17-7-3-1-4-8-17/h1-14,19-21H. The van der Waals surface area contributed by atoms with Gasteiger partial charge in [-0.3, -0.25) is 14.4 Å². The zero-order valence-electron chi connectivity index (χ0n) is 15.3. The highest BCUT2D eigenvalue weighted by Crippen LogP contribution is 2.47. The van der Waals surface area contributed by atoms with E-state index in [-0.39, 0.29) is 11.8 Å². The molecule has 5 nitrogen and oxygen atoms in total. The van der Waals surface area contributed by atoms with Gasteiger partial charge in [-0.25, -0.2) is 9.96 Å². The predicted molar refractivity (Wildman–Crippen MR) is 110 cm³/mol.